The number of para-hydroxylation sites is 1. The summed E-state index contributed by atoms with van der Waals surface area (Å²) in [4.78, 5) is 24.7. The summed E-state index contributed by atoms with van der Waals surface area (Å²) in [6.45, 7) is 2.06. The standard InChI is InChI=1S/C22H20N4OS/c1-14(20-24-18-10-6-5-9-17(18)21(27)25-20)28-22-23-13-19(26(22)16-11-12-16)15-7-3-2-4-8-15/h2-10,13-14,16H,11-12H2,1H3,(H,24,25,27)/t14-/m0/s1. The van der Waals surface area contributed by atoms with E-state index in [1.165, 1.54) is 18.4 Å². The van der Waals surface area contributed by atoms with Gasteiger partial charge >= 0.3 is 0 Å². The molecule has 140 valence electrons. The van der Waals surface area contributed by atoms with E-state index in [0.717, 1.165) is 16.4 Å². The molecule has 0 saturated heterocycles. The number of hydrogen-bond donors (Lipinski definition) is 1. The lowest BCUT2D eigenvalue weighted by atomic mass is 10.2. The molecule has 0 unspecified atom stereocenters. The molecule has 1 fully saturated rings. The van der Waals surface area contributed by atoms with Crippen LogP contribution in [0.15, 0.2) is 70.7 Å². The Labute approximate surface area is 166 Å². The SMILES string of the molecule is C[C@H](Sc1ncc(-c2ccccc2)n1C1CC1)c1nc2ccccc2c(=O)[nH]1. The highest BCUT2D eigenvalue weighted by Gasteiger charge is 2.30. The maximum absolute atomic E-state index is 12.4. The molecule has 1 N–H and O–H groups in total. The number of fused-ring (bicyclic) bond motifs is 1. The minimum Gasteiger partial charge on any atom is -0.316 e. The molecule has 0 radical (unpaired) electrons. The first-order valence-electron chi connectivity index (χ1n) is 9.49. The van der Waals surface area contributed by atoms with Crippen LogP contribution in [-0.4, -0.2) is 19.5 Å². The molecule has 0 spiro atoms. The van der Waals surface area contributed by atoms with Gasteiger partial charge in [0.05, 0.1) is 28.0 Å². The monoisotopic (exact) mass is 388 g/mol. The number of rotatable bonds is 5. The first kappa shape index (κ1) is 17.3. The summed E-state index contributed by atoms with van der Waals surface area (Å²) in [6.07, 6.45) is 4.33. The van der Waals surface area contributed by atoms with Gasteiger partial charge in [0.15, 0.2) is 5.16 Å². The van der Waals surface area contributed by atoms with Crippen molar-refractivity contribution in [2.75, 3.05) is 0 Å². The molecule has 6 heteroatoms. The number of nitrogens with one attached hydrogen (secondary N) is 1. The quantitative estimate of drug-likeness (QED) is 0.490. The summed E-state index contributed by atoms with van der Waals surface area (Å²) in [5.74, 6) is 0.681. The summed E-state index contributed by atoms with van der Waals surface area (Å²) >= 11 is 1.64. The van der Waals surface area contributed by atoms with Crippen molar-refractivity contribution >= 4 is 22.7 Å². The lowest BCUT2D eigenvalue weighted by Gasteiger charge is -2.14. The van der Waals surface area contributed by atoms with E-state index in [0.29, 0.717) is 17.3 Å². The fourth-order valence-electron chi connectivity index (χ4n) is 3.45. The molecule has 5 nitrogen and oxygen atoms in total. The van der Waals surface area contributed by atoms with E-state index in [-0.39, 0.29) is 10.8 Å². The van der Waals surface area contributed by atoms with Crippen molar-refractivity contribution in [1.29, 1.82) is 0 Å². The molecule has 1 aliphatic carbocycles. The Bertz CT molecular complexity index is 1190. The van der Waals surface area contributed by atoms with Gasteiger partial charge in [-0.1, -0.05) is 54.2 Å². The number of aromatic nitrogens is 4. The molecular weight excluding hydrogens is 368 g/mol. The fourth-order valence-corrected chi connectivity index (χ4v) is 4.46. The Morgan fingerprint density at radius 1 is 1.11 bits per heavy atom. The number of benzene rings is 2. The van der Waals surface area contributed by atoms with Crippen LogP contribution in [0.4, 0.5) is 0 Å². The highest BCUT2D eigenvalue weighted by molar-refractivity contribution is 7.99. The van der Waals surface area contributed by atoms with Gasteiger partial charge in [0, 0.05) is 6.04 Å². The summed E-state index contributed by atoms with van der Waals surface area (Å²) in [5, 5.41) is 1.58. The number of nitrogens with zero attached hydrogens (tertiary/aromatic N) is 3. The van der Waals surface area contributed by atoms with Gasteiger partial charge in [0.2, 0.25) is 0 Å². The zero-order valence-electron chi connectivity index (χ0n) is 15.5. The molecule has 1 aliphatic rings. The summed E-state index contributed by atoms with van der Waals surface area (Å²) in [6, 6.07) is 18.3. The second kappa shape index (κ2) is 6.95. The largest absolute Gasteiger partial charge is 0.316 e. The number of hydrogen-bond acceptors (Lipinski definition) is 4. The predicted octanol–water partition coefficient (Wildman–Crippen LogP) is 4.97. The van der Waals surface area contributed by atoms with E-state index in [1.54, 1.807) is 17.8 Å². The molecule has 2 aromatic heterocycles. The van der Waals surface area contributed by atoms with Gasteiger partial charge in [0.1, 0.15) is 5.82 Å². The fraction of sp³-hybridized carbons (Fsp3) is 0.227. The summed E-state index contributed by atoms with van der Waals surface area (Å²) < 4.78 is 2.34. The normalized spacial score (nSPS) is 15.0. The third-order valence-electron chi connectivity index (χ3n) is 5.04. The second-order valence-corrected chi connectivity index (χ2v) is 8.43. The van der Waals surface area contributed by atoms with Crippen molar-refractivity contribution in [3.8, 4) is 11.3 Å². The van der Waals surface area contributed by atoms with Crippen LogP contribution in [0.3, 0.4) is 0 Å². The number of aromatic amines is 1. The van der Waals surface area contributed by atoms with Gasteiger partial charge in [-0.25, -0.2) is 9.97 Å². The van der Waals surface area contributed by atoms with Crippen molar-refractivity contribution < 1.29 is 0 Å². The predicted molar refractivity (Wildman–Crippen MR) is 113 cm³/mol. The zero-order valence-corrected chi connectivity index (χ0v) is 16.3. The first-order valence-corrected chi connectivity index (χ1v) is 10.4. The topological polar surface area (TPSA) is 63.6 Å². The van der Waals surface area contributed by atoms with E-state index >= 15 is 0 Å². The van der Waals surface area contributed by atoms with Crippen molar-refractivity contribution in [2.45, 2.75) is 36.2 Å². The van der Waals surface area contributed by atoms with Crippen LogP contribution in [-0.2, 0) is 0 Å². The average molecular weight is 388 g/mol. The Morgan fingerprint density at radius 3 is 2.64 bits per heavy atom. The Balaban J connectivity index is 1.50. The Kier molecular flexibility index (Phi) is 4.28. The van der Waals surface area contributed by atoms with Gasteiger partial charge in [-0.05, 0) is 37.5 Å². The molecule has 28 heavy (non-hydrogen) atoms. The molecule has 0 aliphatic heterocycles. The minimum absolute atomic E-state index is 0.0131. The van der Waals surface area contributed by atoms with E-state index in [2.05, 4.69) is 45.7 Å². The smallest absolute Gasteiger partial charge is 0.258 e. The average Bonchev–Trinajstić information content (AvgIpc) is 3.48. The molecule has 0 bridgehead atoms. The maximum atomic E-state index is 12.4. The van der Waals surface area contributed by atoms with Crippen molar-refractivity contribution in [1.82, 2.24) is 19.5 Å². The summed E-state index contributed by atoms with van der Waals surface area (Å²) in [7, 11) is 0. The Hall–Kier alpha value is -2.86. The third kappa shape index (κ3) is 3.14. The minimum atomic E-state index is -0.0939. The number of imidazole rings is 1. The number of H-pyrrole nitrogens is 1. The van der Waals surface area contributed by atoms with Crippen LogP contribution in [0.25, 0.3) is 22.2 Å². The van der Waals surface area contributed by atoms with Gasteiger partial charge in [-0.2, -0.15) is 0 Å². The van der Waals surface area contributed by atoms with Gasteiger partial charge in [0.25, 0.3) is 5.56 Å². The van der Waals surface area contributed by atoms with E-state index in [9.17, 15) is 4.79 Å². The molecule has 2 heterocycles. The lowest BCUT2D eigenvalue weighted by molar-refractivity contribution is 0.667. The molecule has 0 amide bonds. The van der Waals surface area contributed by atoms with Crippen LogP contribution < -0.4 is 5.56 Å². The number of thioether (sulfide) groups is 1. The van der Waals surface area contributed by atoms with Crippen molar-refractivity contribution in [3.05, 3.63) is 77.0 Å². The highest BCUT2D eigenvalue weighted by Crippen LogP contribution is 2.44. The second-order valence-electron chi connectivity index (χ2n) is 7.12. The van der Waals surface area contributed by atoms with Gasteiger partial charge in [-0.15, -0.1) is 0 Å². The lowest BCUT2D eigenvalue weighted by Crippen LogP contribution is -2.13. The third-order valence-corrected chi connectivity index (χ3v) is 6.13. The van der Waals surface area contributed by atoms with E-state index < -0.39 is 0 Å². The molecular formula is C22H20N4OS. The van der Waals surface area contributed by atoms with Crippen molar-refractivity contribution in [3.63, 3.8) is 0 Å². The maximum Gasteiger partial charge on any atom is 0.258 e. The van der Waals surface area contributed by atoms with Crippen LogP contribution in [0.2, 0.25) is 0 Å². The molecule has 2 aromatic carbocycles. The van der Waals surface area contributed by atoms with Crippen LogP contribution in [0, 0.1) is 0 Å². The molecule has 1 saturated carbocycles. The summed E-state index contributed by atoms with van der Waals surface area (Å²) in [5.41, 5.74) is 2.96. The van der Waals surface area contributed by atoms with E-state index in [4.69, 9.17) is 4.98 Å². The van der Waals surface area contributed by atoms with Crippen LogP contribution in [0.1, 0.15) is 36.9 Å². The Morgan fingerprint density at radius 2 is 1.86 bits per heavy atom. The highest BCUT2D eigenvalue weighted by atomic mass is 32.2. The van der Waals surface area contributed by atoms with Crippen LogP contribution in [0.5, 0.6) is 0 Å². The van der Waals surface area contributed by atoms with Crippen molar-refractivity contribution in [2.24, 2.45) is 0 Å². The van der Waals surface area contributed by atoms with Crippen LogP contribution >= 0.6 is 11.8 Å². The molecule has 1 atom stereocenters. The van der Waals surface area contributed by atoms with Gasteiger partial charge in [-0.3, -0.25) is 4.79 Å². The molecule has 5 rings (SSSR count). The van der Waals surface area contributed by atoms with Gasteiger partial charge < -0.3 is 9.55 Å². The van der Waals surface area contributed by atoms with E-state index in [1.807, 2.05) is 30.5 Å². The molecule has 4 aromatic rings. The zero-order chi connectivity index (χ0) is 19.1. The first-order chi connectivity index (χ1) is 13.7.